The van der Waals surface area contributed by atoms with Gasteiger partial charge in [-0.2, -0.15) is 0 Å². The first-order valence-electron chi connectivity index (χ1n) is 6.04. The van der Waals surface area contributed by atoms with Crippen LogP contribution >= 0.6 is 0 Å². The molecule has 0 fully saturated rings. The van der Waals surface area contributed by atoms with Crippen LogP contribution in [0.1, 0.15) is 31.1 Å². The van der Waals surface area contributed by atoms with Gasteiger partial charge in [0.15, 0.2) is 0 Å². The minimum Gasteiger partial charge on any atom is -0.338 e. The number of hydrogen-bond acceptors (Lipinski definition) is 2. The fourth-order valence-corrected chi connectivity index (χ4v) is 1.67. The summed E-state index contributed by atoms with van der Waals surface area (Å²) in [5.74, 6) is 0.0784. The van der Waals surface area contributed by atoms with Gasteiger partial charge in [-0.25, -0.2) is 0 Å². The van der Waals surface area contributed by atoms with E-state index >= 15 is 0 Å². The lowest BCUT2D eigenvalue weighted by Gasteiger charge is -2.31. The van der Waals surface area contributed by atoms with Crippen LogP contribution in [0.5, 0.6) is 0 Å². The third-order valence-electron chi connectivity index (χ3n) is 2.86. The summed E-state index contributed by atoms with van der Waals surface area (Å²) in [5.41, 5.74) is 6.41. The number of nitrogens with two attached hydrogens (primary N) is 1. The van der Waals surface area contributed by atoms with Crippen molar-refractivity contribution in [2.45, 2.75) is 20.8 Å². The number of carbonyl (C=O) groups excluding carboxylic acids is 1. The van der Waals surface area contributed by atoms with Crippen molar-refractivity contribution in [3.63, 3.8) is 0 Å². The maximum Gasteiger partial charge on any atom is 0.253 e. The summed E-state index contributed by atoms with van der Waals surface area (Å²) in [6.07, 6.45) is 0. The van der Waals surface area contributed by atoms with Gasteiger partial charge < -0.3 is 10.6 Å². The molecule has 2 N–H and O–H groups in total. The van der Waals surface area contributed by atoms with Gasteiger partial charge in [-0.3, -0.25) is 4.79 Å². The van der Waals surface area contributed by atoms with E-state index in [9.17, 15) is 4.79 Å². The number of carbonyl (C=O) groups is 1. The highest BCUT2D eigenvalue weighted by Gasteiger charge is 2.23. The van der Waals surface area contributed by atoms with Gasteiger partial charge in [-0.1, -0.05) is 32.0 Å². The van der Waals surface area contributed by atoms with Crippen molar-refractivity contribution in [1.82, 2.24) is 4.90 Å². The molecule has 17 heavy (non-hydrogen) atoms. The van der Waals surface area contributed by atoms with Gasteiger partial charge in [0.1, 0.15) is 0 Å². The van der Waals surface area contributed by atoms with Crippen molar-refractivity contribution in [2.75, 3.05) is 19.6 Å². The highest BCUT2D eigenvalue weighted by atomic mass is 16.2. The molecule has 0 aliphatic rings. The van der Waals surface area contributed by atoms with E-state index in [-0.39, 0.29) is 11.3 Å². The summed E-state index contributed by atoms with van der Waals surface area (Å²) >= 11 is 0. The molecule has 1 aromatic rings. The predicted octanol–water partition coefficient (Wildman–Crippen LogP) is 2.13. The minimum absolute atomic E-state index is 0.0412. The van der Waals surface area contributed by atoms with E-state index in [1.165, 1.54) is 0 Å². The van der Waals surface area contributed by atoms with E-state index in [2.05, 4.69) is 13.8 Å². The summed E-state index contributed by atoms with van der Waals surface area (Å²) in [6.45, 7) is 8.12. The van der Waals surface area contributed by atoms with E-state index in [1.807, 2.05) is 42.2 Å². The van der Waals surface area contributed by atoms with Crippen LogP contribution in [-0.2, 0) is 0 Å². The smallest absolute Gasteiger partial charge is 0.253 e. The summed E-state index contributed by atoms with van der Waals surface area (Å²) in [5, 5.41) is 0. The molecule has 0 aliphatic carbocycles. The molecule has 3 nitrogen and oxygen atoms in total. The van der Waals surface area contributed by atoms with Gasteiger partial charge in [0, 0.05) is 18.7 Å². The molecule has 0 saturated heterocycles. The van der Waals surface area contributed by atoms with Crippen LogP contribution < -0.4 is 5.73 Å². The molecule has 0 heterocycles. The lowest BCUT2D eigenvalue weighted by Crippen LogP contribution is -2.41. The monoisotopic (exact) mass is 234 g/mol. The van der Waals surface area contributed by atoms with Crippen LogP contribution in [-0.4, -0.2) is 30.4 Å². The van der Waals surface area contributed by atoms with Crippen LogP contribution in [0, 0.1) is 5.41 Å². The second-order valence-electron chi connectivity index (χ2n) is 5.05. The van der Waals surface area contributed by atoms with Gasteiger partial charge in [0.05, 0.1) is 0 Å². The number of nitrogens with zero attached hydrogens (tertiary/aromatic N) is 1. The van der Waals surface area contributed by atoms with E-state index in [4.69, 9.17) is 5.73 Å². The van der Waals surface area contributed by atoms with Gasteiger partial charge in [0.25, 0.3) is 5.91 Å². The average molecular weight is 234 g/mol. The molecule has 0 atom stereocenters. The molecule has 0 saturated carbocycles. The maximum atomic E-state index is 12.3. The molecule has 0 spiro atoms. The zero-order valence-corrected chi connectivity index (χ0v) is 10.9. The number of rotatable bonds is 5. The topological polar surface area (TPSA) is 46.3 Å². The highest BCUT2D eigenvalue weighted by molar-refractivity contribution is 5.94. The Balaban J connectivity index is 2.78. The lowest BCUT2D eigenvalue weighted by atomic mass is 9.93. The third kappa shape index (κ3) is 3.86. The molecule has 0 unspecified atom stereocenters. The maximum absolute atomic E-state index is 12.3. The minimum atomic E-state index is -0.0412. The number of hydrogen-bond donors (Lipinski definition) is 1. The lowest BCUT2D eigenvalue weighted by molar-refractivity contribution is 0.0701. The number of benzene rings is 1. The van der Waals surface area contributed by atoms with Crippen molar-refractivity contribution in [3.8, 4) is 0 Å². The normalized spacial score (nSPS) is 11.3. The van der Waals surface area contributed by atoms with Crippen molar-refractivity contribution >= 4 is 5.91 Å². The summed E-state index contributed by atoms with van der Waals surface area (Å²) in [4.78, 5) is 14.1. The molecule has 0 aliphatic heterocycles. The third-order valence-corrected chi connectivity index (χ3v) is 2.86. The van der Waals surface area contributed by atoms with Crippen LogP contribution in [0.25, 0.3) is 0 Å². The Morgan fingerprint density at radius 3 is 2.35 bits per heavy atom. The van der Waals surface area contributed by atoms with Gasteiger partial charge in [-0.15, -0.1) is 0 Å². The van der Waals surface area contributed by atoms with Crippen LogP contribution in [0.2, 0.25) is 0 Å². The van der Waals surface area contributed by atoms with Crippen molar-refractivity contribution in [1.29, 1.82) is 0 Å². The summed E-state index contributed by atoms with van der Waals surface area (Å²) < 4.78 is 0. The van der Waals surface area contributed by atoms with E-state index in [0.29, 0.717) is 19.6 Å². The molecule has 1 rings (SSSR count). The Labute approximate surface area is 104 Å². The molecule has 0 radical (unpaired) electrons. The van der Waals surface area contributed by atoms with E-state index in [1.54, 1.807) is 0 Å². The zero-order valence-electron chi connectivity index (χ0n) is 10.9. The fourth-order valence-electron chi connectivity index (χ4n) is 1.67. The van der Waals surface area contributed by atoms with Crippen LogP contribution in [0.3, 0.4) is 0 Å². The quantitative estimate of drug-likeness (QED) is 0.848. The predicted molar refractivity (Wildman–Crippen MR) is 70.9 cm³/mol. The summed E-state index contributed by atoms with van der Waals surface area (Å²) in [6, 6.07) is 9.38. The summed E-state index contributed by atoms with van der Waals surface area (Å²) in [7, 11) is 0. The Morgan fingerprint density at radius 1 is 1.29 bits per heavy atom. The van der Waals surface area contributed by atoms with E-state index < -0.39 is 0 Å². The Bertz CT molecular complexity index is 360. The van der Waals surface area contributed by atoms with Gasteiger partial charge >= 0.3 is 0 Å². The molecule has 94 valence electrons. The largest absolute Gasteiger partial charge is 0.338 e. The molecular weight excluding hydrogens is 212 g/mol. The van der Waals surface area contributed by atoms with E-state index in [0.717, 1.165) is 5.56 Å². The molecule has 0 bridgehead atoms. The molecule has 1 amide bonds. The van der Waals surface area contributed by atoms with Crippen LogP contribution in [0.15, 0.2) is 30.3 Å². The first-order chi connectivity index (χ1) is 8.00. The fraction of sp³-hybridized carbons (Fsp3) is 0.500. The Hall–Kier alpha value is -1.35. The second-order valence-corrected chi connectivity index (χ2v) is 5.05. The van der Waals surface area contributed by atoms with Gasteiger partial charge in [0.2, 0.25) is 0 Å². The first kappa shape index (κ1) is 13.7. The van der Waals surface area contributed by atoms with Crippen LogP contribution in [0.4, 0.5) is 0 Å². The second kappa shape index (κ2) is 5.82. The molecular formula is C14H22N2O. The average Bonchev–Trinajstić information content (AvgIpc) is 2.36. The zero-order chi connectivity index (χ0) is 12.9. The molecule has 1 aromatic carbocycles. The molecule has 3 heteroatoms. The standard InChI is InChI=1S/C14H22N2O/c1-4-16(11-14(2,3)10-15)13(17)12-8-6-5-7-9-12/h5-9H,4,10-11,15H2,1-3H3. The van der Waals surface area contributed by atoms with Crippen molar-refractivity contribution in [2.24, 2.45) is 11.1 Å². The number of amides is 1. The Kier molecular flexibility index (Phi) is 4.70. The SMILES string of the molecule is CCN(CC(C)(C)CN)C(=O)c1ccccc1. The van der Waals surface area contributed by atoms with Gasteiger partial charge in [-0.05, 0) is 31.0 Å². The highest BCUT2D eigenvalue weighted by Crippen LogP contribution is 2.16. The Morgan fingerprint density at radius 2 is 1.88 bits per heavy atom. The van der Waals surface area contributed by atoms with Crippen molar-refractivity contribution in [3.05, 3.63) is 35.9 Å². The first-order valence-corrected chi connectivity index (χ1v) is 6.04. The van der Waals surface area contributed by atoms with Crippen molar-refractivity contribution < 1.29 is 4.79 Å². The molecule has 0 aromatic heterocycles.